The molecule has 3 rings (SSSR count). The van der Waals surface area contributed by atoms with Crippen molar-refractivity contribution in [2.24, 2.45) is 0 Å². The second-order valence-electron chi connectivity index (χ2n) is 4.51. The summed E-state index contributed by atoms with van der Waals surface area (Å²) >= 11 is 1.55. The smallest absolute Gasteiger partial charge is 0.102 e. The molecule has 4 heteroatoms. The Morgan fingerprint density at radius 2 is 2.00 bits per heavy atom. The Labute approximate surface area is 115 Å². The third-order valence-electron chi connectivity index (χ3n) is 3.04. The summed E-state index contributed by atoms with van der Waals surface area (Å²) in [6.07, 6.45) is -0.0906. The highest BCUT2D eigenvalue weighted by Crippen LogP contribution is 2.20. The van der Waals surface area contributed by atoms with Gasteiger partial charge in [-0.15, -0.1) is 11.3 Å². The lowest BCUT2D eigenvalue weighted by Gasteiger charge is -2.08. The molecule has 2 aromatic heterocycles. The molecule has 1 atom stereocenters. The summed E-state index contributed by atoms with van der Waals surface area (Å²) in [7, 11) is 0. The van der Waals surface area contributed by atoms with Crippen LogP contribution >= 0.6 is 11.3 Å². The topological polar surface area (TPSA) is 46.0 Å². The lowest BCUT2D eigenvalue weighted by molar-refractivity contribution is 0.173. The van der Waals surface area contributed by atoms with E-state index in [4.69, 9.17) is 0 Å². The molecule has 0 bridgehead atoms. The Kier molecular flexibility index (Phi) is 3.27. The van der Waals surface area contributed by atoms with Crippen LogP contribution in [-0.4, -0.2) is 15.1 Å². The molecule has 0 spiro atoms. The zero-order valence-electron chi connectivity index (χ0n) is 10.6. The number of hydrogen-bond acceptors (Lipinski definition) is 4. The number of rotatable bonds is 3. The summed E-state index contributed by atoms with van der Waals surface area (Å²) in [4.78, 5) is 8.87. The molecule has 0 aliphatic heterocycles. The largest absolute Gasteiger partial charge is 0.386 e. The summed E-state index contributed by atoms with van der Waals surface area (Å²) in [5.74, 6) is 0. The van der Waals surface area contributed by atoms with Gasteiger partial charge in [-0.25, -0.2) is 4.98 Å². The number of aryl methyl sites for hydroxylation is 1. The standard InChI is InChI=1S/C15H14N2OS/c1-10-16-14(9-19-10)15(18)8-12-7-6-11-4-2-3-5-13(11)17-12/h2-7,9,15,18H,8H2,1H3. The lowest BCUT2D eigenvalue weighted by atomic mass is 10.1. The minimum absolute atomic E-state index is 0.494. The number of pyridine rings is 1. The number of fused-ring (bicyclic) bond motifs is 1. The first kappa shape index (κ1) is 12.3. The Bertz CT molecular complexity index is 708. The van der Waals surface area contributed by atoms with E-state index < -0.39 is 6.10 Å². The Morgan fingerprint density at radius 3 is 2.79 bits per heavy atom. The Hall–Kier alpha value is -1.78. The number of aliphatic hydroxyl groups excluding tert-OH is 1. The quantitative estimate of drug-likeness (QED) is 0.794. The summed E-state index contributed by atoms with van der Waals surface area (Å²) in [5, 5.41) is 14.2. The molecule has 0 fully saturated rings. The molecule has 0 aliphatic carbocycles. The predicted octanol–water partition coefficient (Wildman–Crippen LogP) is 3.28. The van der Waals surface area contributed by atoms with Crippen molar-refractivity contribution in [1.29, 1.82) is 0 Å². The highest BCUT2D eigenvalue weighted by atomic mass is 32.1. The van der Waals surface area contributed by atoms with E-state index in [0.29, 0.717) is 6.42 Å². The van der Waals surface area contributed by atoms with Crippen molar-refractivity contribution in [3.8, 4) is 0 Å². The van der Waals surface area contributed by atoms with Crippen LogP contribution in [0, 0.1) is 6.92 Å². The molecule has 2 heterocycles. The molecule has 19 heavy (non-hydrogen) atoms. The van der Waals surface area contributed by atoms with Gasteiger partial charge in [0, 0.05) is 22.9 Å². The van der Waals surface area contributed by atoms with Crippen LogP contribution in [0.5, 0.6) is 0 Å². The van der Waals surface area contributed by atoms with Crippen LogP contribution in [0.4, 0.5) is 0 Å². The van der Waals surface area contributed by atoms with Crippen molar-refractivity contribution in [2.75, 3.05) is 0 Å². The Morgan fingerprint density at radius 1 is 1.16 bits per heavy atom. The molecule has 3 nitrogen and oxygen atoms in total. The van der Waals surface area contributed by atoms with Crippen LogP contribution in [-0.2, 0) is 6.42 Å². The average Bonchev–Trinajstić information content (AvgIpc) is 2.85. The fourth-order valence-electron chi connectivity index (χ4n) is 2.06. The zero-order valence-corrected chi connectivity index (χ0v) is 11.4. The first-order valence-electron chi connectivity index (χ1n) is 6.17. The molecule has 0 amide bonds. The van der Waals surface area contributed by atoms with Gasteiger partial charge in [0.05, 0.1) is 16.2 Å². The van der Waals surface area contributed by atoms with Gasteiger partial charge < -0.3 is 5.11 Å². The highest BCUT2D eigenvalue weighted by Gasteiger charge is 2.12. The van der Waals surface area contributed by atoms with Crippen LogP contribution in [0.3, 0.4) is 0 Å². The van der Waals surface area contributed by atoms with Crippen LogP contribution in [0.15, 0.2) is 41.8 Å². The van der Waals surface area contributed by atoms with Crippen molar-refractivity contribution in [2.45, 2.75) is 19.4 Å². The van der Waals surface area contributed by atoms with E-state index in [0.717, 1.165) is 27.3 Å². The fourth-order valence-corrected chi connectivity index (χ4v) is 2.72. The number of aromatic nitrogens is 2. The first-order chi connectivity index (χ1) is 9.22. The van der Waals surface area contributed by atoms with Crippen LogP contribution in [0.25, 0.3) is 10.9 Å². The van der Waals surface area contributed by atoms with Crippen molar-refractivity contribution in [3.05, 3.63) is 58.2 Å². The van der Waals surface area contributed by atoms with Gasteiger partial charge in [0.2, 0.25) is 0 Å². The SMILES string of the molecule is Cc1nc(C(O)Cc2ccc3ccccc3n2)cs1. The highest BCUT2D eigenvalue weighted by molar-refractivity contribution is 7.09. The molecule has 96 valence electrons. The minimum Gasteiger partial charge on any atom is -0.386 e. The van der Waals surface area contributed by atoms with Crippen LogP contribution < -0.4 is 0 Å². The van der Waals surface area contributed by atoms with Gasteiger partial charge in [-0.05, 0) is 19.1 Å². The summed E-state index contributed by atoms with van der Waals surface area (Å²) in [6, 6.07) is 12.0. The van der Waals surface area contributed by atoms with E-state index >= 15 is 0 Å². The number of hydrogen-bond donors (Lipinski definition) is 1. The number of benzene rings is 1. The van der Waals surface area contributed by atoms with E-state index in [9.17, 15) is 5.11 Å². The molecule has 0 saturated heterocycles. The van der Waals surface area contributed by atoms with Gasteiger partial charge in [-0.2, -0.15) is 0 Å². The van der Waals surface area contributed by atoms with Gasteiger partial charge in [0.1, 0.15) is 6.10 Å². The summed E-state index contributed by atoms with van der Waals surface area (Å²) in [6.45, 7) is 1.94. The molecule has 0 radical (unpaired) electrons. The van der Waals surface area contributed by atoms with Gasteiger partial charge >= 0.3 is 0 Å². The number of nitrogens with zero attached hydrogens (tertiary/aromatic N) is 2. The third kappa shape index (κ3) is 2.64. The monoisotopic (exact) mass is 270 g/mol. The second kappa shape index (κ2) is 5.07. The first-order valence-corrected chi connectivity index (χ1v) is 7.05. The molecule has 1 aromatic carbocycles. The number of thiazole rings is 1. The second-order valence-corrected chi connectivity index (χ2v) is 5.57. The maximum absolute atomic E-state index is 10.2. The molecule has 0 saturated carbocycles. The van der Waals surface area contributed by atoms with Crippen molar-refractivity contribution >= 4 is 22.2 Å². The van der Waals surface area contributed by atoms with Crippen LogP contribution in [0.1, 0.15) is 22.5 Å². The van der Waals surface area contributed by atoms with E-state index in [1.54, 1.807) is 11.3 Å². The van der Waals surface area contributed by atoms with E-state index in [1.165, 1.54) is 0 Å². The predicted molar refractivity (Wildman–Crippen MR) is 77.3 cm³/mol. The van der Waals surface area contributed by atoms with Crippen LogP contribution in [0.2, 0.25) is 0 Å². The van der Waals surface area contributed by atoms with Gasteiger partial charge in [-0.1, -0.05) is 24.3 Å². The number of para-hydroxylation sites is 1. The molecule has 1 N–H and O–H groups in total. The number of aliphatic hydroxyl groups is 1. The molecular formula is C15H14N2OS. The minimum atomic E-state index is -0.585. The third-order valence-corrected chi connectivity index (χ3v) is 3.83. The fraction of sp³-hybridized carbons (Fsp3) is 0.200. The van der Waals surface area contributed by atoms with Crippen molar-refractivity contribution in [3.63, 3.8) is 0 Å². The van der Waals surface area contributed by atoms with Gasteiger partial charge in [0.25, 0.3) is 0 Å². The average molecular weight is 270 g/mol. The zero-order chi connectivity index (χ0) is 13.2. The molecule has 0 aliphatic rings. The van der Waals surface area contributed by atoms with Gasteiger partial charge in [0.15, 0.2) is 0 Å². The van der Waals surface area contributed by atoms with E-state index in [-0.39, 0.29) is 0 Å². The van der Waals surface area contributed by atoms with Gasteiger partial charge in [-0.3, -0.25) is 4.98 Å². The maximum atomic E-state index is 10.2. The maximum Gasteiger partial charge on any atom is 0.102 e. The Balaban J connectivity index is 1.84. The summed E-state index contributed by atoms with van der Waals surface area (Å²) < 4.78 is 0. The van der Waals surface area contributed by atoms with Crippen molar-refractivity contribution < 1.29 is 5.11 Å². The van der Waals surface area contributed by atoms with Crippen molar-refractivity contribution in [1.82, 2.24) is 9.97 Å². The molecule has 3 aromatic rings. The molecule has 1 unspecified atom stereocenters. The van der Waals surface area contributed by atoms with E-state index in [1.807, 2.05) is 48.7 Å². The van der Waals surface area contributed by atoms with E-state index in [2.05, 4.69) is 9.97 Å². The molecular weight excluding hydrogens is 256 g/mol. The summed E-state index contributed by atoms with van der Waals surface area (Å²) in [5.41, 5.74) is 2.58. The normalized spacial score (nSPS) is 12.7. The lowest BCUT2D eigenvalue weighted by Crippen LogP contribution is -2.04.